The normalized spacial score (nSPS) is 52.9. The Kier molecular flexibility index (Phi) is 13.5. The van der Waals surface area contributed by atoms with Crippen molar-refractivity contribution >= 4 is 17.9 Å². The largest absolute Gasteiger partial charge is 0.481 e. The Balaban J connectivity index is 1.10. The average Bonchev–Trinajstić information content (AvgIpc) is 3.27. The lowest BCUT2D eigenvalue weighted by Crippen LogP contribution is -2.68. The molecule has 0 bridgehead atoms. The van der Waals surface area contributed by atoms with Crippen LogP contribution in [0.5, 0.6) is 0 Å². The van der Waals surface area contributed by atoms with E-state index in [1.54, 1.807) is 0 Å². The highest BCUT2D eigenvalue weighted by Gasteiger charge is 2.70. The molecule has 3 heterocycles. The summed E-state index contributed by atoms with van der Waals surface area (Å²) in [5.74, 6) is -2.80. The molecular formula is C48H74O19. The van der Waals surface area contributed by atoms with Crippen molar-refractivity contribution in [2.45, 2.75) is 205 Å². The number of hydrogen-bond acceptors (Lipinski definition) is 17. The quantitative estimate of drug-likeness (QED) is 0.0901. The molecule has 23 atom stereocenters. The van der Waals surface area contributed by atoms with Gasteiger partial charge in [-0.2, -0.15) is 0 Å². The lowest BCUT2D eigenvalue weighted by molar-refractivity contribution is -0.390. The van der Waals surface area contributed by atoms with Gasteiger partial charge in [0.05, 0.1) is 36.8 Å². The number of methoxy groups -OCH3 is 1. The summed E-state index contributed by atoms with van der Waals surface area (Å²) in [7, 11) is 1.39. The number of carboxylic acids is 2. The molecule has 3 aliphatic heterocycles. The Morgan fingerprint density at radius 3 is 2.00 bits per heavy atom. The number of carbonyl (C=O) groups is 3. The van der Waals surface area contributed by atoms with Crippen LogP contribution >= 0.6 is 0 Å². The SMILES string of the molecule is COC(=O)[C@@]1(C)CC[C@]2(C(=O)O)CC[C@]3(C)C(=CC[C@@H]4[C@@]5(C)CC[C@H](O[C@@H]6O[C@H](C(=O)O)[C@@H](O)[C@H](O[C@@H]7O[C@@H](C)[C@H](O)[C@@H](O)[C@H]7O)[C@H]6O[C@@H]6OC[C@@H](O)[C@H](O)[C@H]6O)C(C)(C)[C@@H]5CC[C@]43C)[C@@H]2C1. The second kappa shape index (κ2) is 17.7. The third kappa shape index (κ3) is 7.84. The molecular weight excluding hydrogens is 881 g/mol. The average molecular weight is 955 g/mol. The van der Waals surface area contributed by atoms with Crippen molar-refractivity contribution in [2.75, 3.05) is 13.7 Å². The molecule has 19 nitrogen and oxygen atoms in total. The van der Waals surface area contributed by atoms with E-state index in [0.29, 0.717) is 44.9 Å². The molecule has 3 saturated heterocycles. The monoisotopic (exact) mass is 954 g/mol. The molecule has 0 amide bonds. The number of rotatable bonds is 9. The van der Waals surface area contributed by atoms with Gasteiger partial charge in [-0.25, -0.2) is 4.79 Å². The molecule has 9 N–H and O–H groups in total. The van der Waals surface area contributed by atoms with Crippen molar-refractivity contribution in [3.63, 3.8) is 0 Å². The first-order chi connectivity index (χ1) is 31.2. The summed E-state index contributed by atoms with van der Waals surface area (Å²) in [4.78, 5) is 39.2. The Bertz CT molecular complexity index is 1930. The van der Waals surface area contributed by atoms with Crippen LogP contribution in [-0.2, 0) is 47.5 Å². The molecule has 0 radical (unpaired) electrons. The summed E-state index contributed by atoms with van der Waals surface area (Å²) in [5, 5.41) is 96.6. The number of carbonyl (C=O) groups excluding carboxylic acids is 1. The van der Waals surface area contributed by atoms with E-state index < -0.39 is 127 Å². The lowest BCUT2D eigenvalue weighted by atomic mass is 9.33. The van der Waals surface area contributed by atoms with E-state index in [2.05, 4.69) is 40.7 Å². The summed E-state index contributed by atoms with van der Waals surface area (Å²) in [6.45, 7) is 14.1. The van der Waals surface area contributed by atoms with Gasteiger partial charge in [-0.15, -0.1) is 0 Å². The van der Waals surface area contributed by atoms with E-state index >= 15 is 0 Å². The topological polar surface area (TPSA) is 298 Å². The van der Waals surface area contributed by atoms with Gasteiger partial charge in [-0.1, -0.05) is 46.3 Å². The summed E-state index contributed by atoms with van der Waals surface area (Å²) in [6.07, 6.45) is -16.0. The molecule has 5 aliphatic carbocycles. The Morgan fingerprint density at radius 1 is 0.687 bits per heavy atom. The molecule has 0 aromatic rings. The van der Waals surface area contributed by atoms with Crippen molar-refractivity contribution in [2.24, 2.45) is 50.2 Å². The highest BCUT2D eigenvalue weighted by atomic mass is 16.8. The zero-order valence-corrected chi connectivity index (χ0v) is 39.9. The van der Waals surface area contributed by atoms with Crippen LogP contribution in [0.15, 0.2) is 11.6 Å². The molecule has 380 valence electrons. The fraction of sp³-hybridized carbons (Fsp3) is 0.896. The van der Waals surface area contributed by atoms with Gasteiger partial charge in [0.2, 0.25) is 0 Å². The maximum atomic E-state index is 13.3. The minimum absolute atomic E-state index is 0.0468. The van der Waals surface area contributed by atoms with Gasteiger partial charge in [0, 0.05) is 0 Å². The number of fused-ring (bicyclic) bond motifs is 7. The van der Waals surface area contributed by atoms with Crippen molar-refractivity contribution in [1.82, 2.24) is 0 Å². The number of esters is 1. The minimum atomic E-state index is -2.03. The summed E-state index contributed by atoms with van der Waals surface area (Å²) >= 11 is 0. The molecule has 7 fully saturated rings. The van der Waals surface area contributed by atoms with E-state index in [1.165, 1.54) is 14.0 Å². The fourth-order valence-corrected chi connectivity index (χ4v) is 15.0. The highest BCUT2D eigenvalue weighted by molar-refractivity contribution is 5.80. The number of allylic oxidation sites excluding steroid dienone is 2. The van der Waals surface area contributed by atoms with E-state index in [-0.39, 0.29) is 40.0 Å². The molecule has 8 aliphatic rings. The fourth-order valence-electron chi connectivity index (χ4n) is 15.0. The van der Waals surface area contributed by atoms with Crippen LogP contribution in [0.2, 0.25) is 0 Å². The van der Waals surface area contributed by atoms with E-state index in [0.717, 1.165) is 24.8 Å². The molecule has 8 rings (SSSR count). The van der Waals surface area contributed by atoms with Crippen LogP contribution in [0.3, 0.4) is 0 Å². The predicted molar refractivity (Wildman–Crippen MR) is 230 cm³/mol. The highest BCUT2D eigenvalue weighted by Crippen LogP contribution is 2.76. The maximum absolute atomic E-state index is 13.3. The number of carboxylic acid groups (broad SMARTS) is 2. The second-order valence-electron chi connectivity index (χ2n) is 22.9. The molecule has 0 unspecified atom stereocenters. The third-order valence-corrected chi connectivity index (χ3v) is 19.4. The molecule has 0 aromatic heterocycles. The summed E-state index contributed by atoms with van der Waals surface area (Å²) in [6, 6.07) is 0. The van der Waals surface area contributed by atoms with Gasteiger partial charge in [0.1, 0.15) is 54.9 Å². The van der Waals surface area contributed by atoms with E-state index in [9.17, 15) is 60.3 Å². The molecule has 4 saturated carbocycles. The number of aliphatic carboxylic acids is 2. The molecule has 67 heavy (non-hydrogen) atoms. The van der Waals surface area contributed by atoms with Crippen molar-refractivity contribution in [1.29, 1.82) is 0 Å². The zero-order valence-electron chi connectivity index (χ0n) is 39.9. The standard InChI is InChI=1S/C48H74O19/c1-21-28(50)30(52)32(54)39(63-21)65-34-33(55)35(37(56)57)66-40(36(34)67-38-31(53)29(51)24(49)20-62-38)64-27-12-13-45(5)25(43(27,2)3)11-14-47(7)26(45)10-9-22-23-19-44(4,42(60)61-8)15-17-48(23,41(58)59)18-16-46(22,47)6/h9,21,23-36,38-40,49-55H,10-20H2,1-8H3,(H,56,57)(H,58,59)/t21-,23-,24+,25-,26+,27-,28-,29-,30+,31+,32+,33-,34-,35-,36+,38-,39-,40+,44-,45-,46+,47+,48-/m0/s1. The molecule has 0 spiro atoms. The first-order valence-electron chi connectivity index (χ1n) is 24.1. The van der Waals surface area contributed by atoms with Gasteiger partial charge in [-0.3, -0.25) is 9.59 Å². The summed E-state index contributed by atoms with van der Waals surface area (Å²) < 4.78 is 41.8. The second-order valence-corrected chi connectivity index (χ2v) is 22.9. The van der Waals surface area contributed by atoms with Gasteiger partial charge in [0.25, 0.3) is 0 Å². The Morgan fingerprint density at radius 2 is 1.34 bits per heavy atom. The maximum Gasteiger partial charge on any atom is 0.335 e. The van der Waals surface area contributed by atoms with Crippen LogP contribution in [0.4, 0.5) is 0 Å². The first-order valence-corrected chi connectivity index (χ1v) is 24.1. The Labute approximate surface area is 391 Å². The number of aliphatic hydroxyl groups is 7. The molecule has 19 heteroatoms. The van der Waals surface area contributed by atoms with Crippen LogP contribution in [0.25, 0.3) is 0 Å². The Hall–Kier alpha value is -2.37. The number of hydrogen-bond donors (Lipinski definition) is 9. The molecule has 0 aromatic carbocycles. The van der Waals surface area contributed by atoms with Crippen LogP contribution in [0.1, 0.15) is 113 Å². The minimum Gasteiger partial charge on any atom is -0.481 e. The van der Waals surface area contributed by atoms with E-state index in [1.807, 2.05) is 6.92 Å². The van der Waals surface area contributed by atoms with Crippen molar-refractivity contribution in [3.05, 3.63) is 11.6 Å². The van der Waals surface area contributed by atoms with Crippen LogP contribution in [0, 0.1) is 50.2 Å². The smallest absolute Gasteiger partial charge is 0.335 e. The van der Waals surface area contributed by atoms with Crippen LogP contribution < -0.4 is 0 Å². The first kappa shape index (κ1) is 51.0. The summed E-state index contributed by atoms with van der Waals surface area (Å²) in [5.41, 5.74) is -2.06. The van der Waals surface area contributed by atoms with Crippen molar-refractivity contribution in [3.8, 4) is 0 Å². The van der Waals surface area contributed by atoms with Gasteiger partial charge >= 0.3 is 17.9 Å². The third-order valence-electron chi connectivity index (χ3n) is 19.4. The van der Waals surface area contributed by atoms with Crippen molar-refractivity contribution < 1.29 is 93.5 Å². The lowest BCUT2D eigenvalue weighted by Gasteiger charge is -2.71. The van der Waals surface area contributed by atoms with Gasteiger partial charge in [0.15, 0.2) is 25.0 Å². The predicted octanol–water partition coefficient (Wildman–Crippen LogP) is 1.62. The van der Waals surface area contributed by atoms with Gasteiger partial charge in [-0.05, 0) is 117 Å². The van der Waals surface area contributed by atoms with Gasteiger partial charge < -0.3 is 79.1 Å². The number of aliphatic hydroxyl groups excluding tert-OH is 7. The zero-order chi connectivity index (χ0) is 49.1. The van der Waals surface area contributed by atoms with Crippen LogP contribution in [-0.4, -0.2) is 170 Å². The van der Waals surface area contributed by atoms with E-state index in [4.69, 9.17) is 33.2 Å². The number of ether oxygens (including phenoxy) is 7.